The molecular formula is C12H17ClN2O3. The second kappa shape index (κ2) is 6.98. The maximum absolute atomic E-state index is 11.5. The highest BCUT2D eigenvalue weighted by Gasteiger charge is 2.12. The average molecular weight is 273 g/mol. The van der Waals surface area contributed by atoms with Gasteiger partial charge in [0.25, 0.3) is 0 Å². The molecule has 3 N–H and O–H groups in total. The number of benzene rings is 1. The maximum atomic E-state index is 11.5. The fourth-order valence-electron chi connectivity index (χ4n) is 1.25. The zero-order valence-corrected chi connectivity index (χ0v) is 11.3. The van der Waals surface area contributed by atoms with Crippen LogP contribution in [0.25, 0.3) is 0 Å². The van der Waals surface area contributed by atoms with Crippen LogP contribution in [0.2, 0.25) is 0 Å². The van der Waals surface area contributed by atoms with E-state index in [0.717, 1.165) is 5.56 Å². The van der Waals surface area contributed by atoms with E-state index in [2.05, 4.69) is 10.1 Å². The van der Waals surface area contributed by atoms with E-state index in [-0.39, 0.29) is 18.3 Å². The minimum atomic E-state index is -0.601. The molecule has 0 heterocycles. The Kier molecular flexibility index (Phi) is 6.36. The third-order valence-corrected chi connectivity index (χ3v) is 2.33. The normalized spacial score (nSPS) is 11.1. The van der Waals surface area contributed by atoms with Gasteiger partial charge < -0.3 is 15.8 Å². The average Bonchev–Trinajstić information content (AvgIpc) is 2.30. The number of hydrogen-bond acceptors (Lipinski definition) is 4. The van der Waals surface area contributed by atoms with Crippen LogP contribution in [0.4, 0.5) is 5.69 Å². The van der Waals surface area contributed by atoms with Crippen LogP contribution < -0.4 is 11.1 Å². The molecule has 1 atom stereocenters. The molecule has 1 unspecified atom stereocenters. The summed E-state index contributed by atoms with van der Waals surface area (Å²) in [5.41, 5.74) is 7.26. The lowest BCUT2D eigenvalue weighted by atomic mass is 10.1. The second-order valence-corrected chi connectivity index (χ2v) is 3.80. The Balaban J connectivity index is 0.00000289. The molecule has 0 spiro atoms. The fraction of sp³-hybridized carbons (Fsp3) is 0.333. The van der Waals surface area contributed by atoms with Gasteiger partial charge in [0, 0.05) is 5.69 Å². The first-order valence-electron chi connectivity index (χ1n) is 5.21. The lowest BCUT2D eigenvalue weighted by Gasteiger charge is -2.11. The van der Waals surface area contributed by atoms with E-state index in [1.807, 2.05) is 6.92 Å². The molecule has 0 radical (unpaired) electrons. The van der Waals surface area contributed by atoms with Crippen LogP contribution in [-0.2, 0) is 9.53 Å². The van der Waals surface area contributed by atoms with Gasteiger partial charge in [-0.1, -0.05) is 6.07 Å². The van der Waals surface area contributed by atoms with Crippen LogP contribution in [0.3, 0.4) is 0 Å². The lowest BCUT2D eigenvalue weighted by molar-refractivity contribution is -0.117. The molecule has 1 aromatic rings. The van der Waals surface area contributed by atoms with Gasteiger partial charge in [0.1, 0.15) is 0 Å². The van der Waals surface area contributed by atoms with Crippen LogP contribution in [-0.4, -0.2) is 25.0 Å². The van der Waals surface area contributed by atoms with Crippen molar-refractivity contribution in [3.05, 3.63) is 29.3 Å². The highest BCUT2D eigenvalue weighted by atomic mass is 35.5. The van der Waals surface area contributed by atoms with Crippen LogP contribution in [0, 0.1) is 6.92 Å². The Hall–Kier alpha value is -1.59. The van der Waals surface area contributed by atoms with E-state index in [4.69, 9.17) is 5.73 Å². The second-order valence-electron chi connectivity index (χ2n) is 3.80. The van der Waals surface area contributed by atoms with Crippen LogP contribution in [0.15, 0.2) is 18.2 Å². The third kappa shape index (κ3) is 4.01. The highest BCUT2D eigenvalue weighted by molar-refractivity contribution is 5.97. The molecule has 18 heavy (non-hydrogen) atoms. The first-order valence-corrected chi connectivity index (χ1v) is 5.21. The van der Waals surface area contributed by atoms with E-state index in [1.54, 1.807) is 25.1 Å². The summed E-state index contributed by atoms with van der Waals surface area (Å²) in [6.45, 7) is 3.42. The summed E-state index contributed by atoms with van der Waals surface area (Å²) in [7, 11) is 1.31. The number of rotatable bonds is 3. The van der Waals surface area contributed by atoms with Gasteiger partial charge in [0.05, 0.1) is 18.7 Å². The van der Waals surface area contributed by atoms with Crippen molar-refractivity contribution >= 4 is 30.0 Å². The Morgan fingerprint density at radius 2 is 2.00 bits per heavy atom. The minimum absolute atomic E-state index is 0. The van der Waals surface area contributed by atoms with E-state index in [0.29, 0.717) is 11.3 Å². The largest absolute Gasteiger partial charge is 0.465 e. The third-order valence-electron chi connectivity index (χ3n) is 2.33. The van der Waals surface area contributed by atoms with Gasteiger partial charge in [-0.15, -0.1) is 12.4 Å². The highest BCUT2D eigenvalue weighted by Crippen LogP contribution is 2.17. The van der Waals surface area contributed by atoms with Crippen molar-refractivity contribution in [2.45, 2.75) is 19.9 Å². The predicted octanol–water partition coefficient (Wildman–Crippen LogP) is 1.49. The zero-order chi connectivity index (χ0) is 13.0. The van der Waals surface area contributed by atoms with Crippen molar-refractivity contribution in [3.63, 3.8) is 0 Å². The monoisotopic (exact) mass is 272 g/mol. The molecular weight excluding hydrogens is 256 g/mol. The van der Waals surface area contributed by atoms with Crippen LogP contribution in [0.5, 0.6) is 0 Å². The minimum Gasteiger partial charge on any atom is -0.465 e. The lowest BCUT2D eigenvalue weighted by Crippen LogP contribution is -2.32. The molecule has 0 aromatic heterocycles. The van der Waals surface area contributed by atoms with Gasteiger partial charge in [-0.25, -0.2) is 4.79 Å². The number of amides is 1. The van der Waals surface area contributed by atoms with E-state index < -0.39 is 12.0 Å². The number of anilines is 1. The number of aryl methyl sites for hydroxylation is 1. The quantitative estimate of drug-likeness (QED) is 0.817. The van der Waals surface area contributed by atoms with Crippen molar-refractivity contribution in [1.82, 2.24) is 0 Å². The van der Waals surface area contributed by atoms with Gasteiger partial charge in [0.2, 0.25) is 5.91 Å². The number of halogens is 1. The molecule has 1 amide bonds. The maximum Gasteiger partial charge on any atom is 0.337 e. The topological polar surface area (TPSA) is 81.4 Å². The molecule has 0 bridgehead atoms. The molecule has 0 saturated carbocycles. The smallest absolute Gasteiger partial charge is 0.337 e. The van der Waals surface area contributed by atoms with Crippen molar-refractivity contribution < 1.29 is 14.3 Å². The van der Waals surface area contributed by atoms with E-state index in [9.17, 15) is 9.59 Å². The van der Waals surface area contributed by atoms with Gasteiger partial charge in [-0.2, -0.15) is 0 Å². The Labute approximate surface area is 112 Å². The van der Waals surface area contributed by atoms with Crippen molar-refractivity contribution in [3.8, 4) is 0 Å². The van der Waals surface area contributed by atoms with Gasteiger partial charge in [-0.05, 0) is 31.5 Å². The van der Waals surface area contributed by atoms with Gasteiger partial charge in [-0.3, -0.25) is 4.79 Å². The summed E-state index contributed by atoms with van der Waals surface area (Å²) in [6.07, 6.45) is 0. The molecule has 0 saturated heterocycles. The van der Waals surface area contributed by atoms with Crippen molar-refractivity contribution in [2.24, 2.45) is 5.73 Å². The first-order chi connectivity index (χ1) is 7.95. The number of nitrogens with two attached hydrogens (primary N) is 1. The number of carbonyl (C=O) groups is 2. The molecule has 6 heteroatoms. The summed E-state index contributed by atoms with van der Waals surface area (Å²) in [5.74, 6) is -0.739. The summed E-state index contributed by atoms with van der Waals surface area (Å²) in [4.78, 5) is 22.8. The predicted molar refractivity (Wildman–Crippen MR) is 72.0 cm³/mol. The molecule has 0 aliphatic rings. The molecule has 0 aliphatic carbocycles. The molecule has 1 rings (SSSR count). The first kappa shape index (κ1) is 16.4. The van der Waals surface area contributed by atoms with E-state index >= 15 is 0 Å². The number of nitrogens with one attached hydrogen (secondary N) is 1. The Bertz CT molecular complexity index is 447. The van der Waals surface area contributed by atoms with E-state index in [1.165, 1.54) is 7.11 Å². The van der Waals surface area contributed by atoms with Gasteiger partial charge in [0.15, 0.2) is 0 Å². The summed E-state index contributed by atoms with van der Waals surface area (Å²) in [5, 5.41) is 2.66. The standard InChI is InChI=1S/C12H16N2O3.ClH/c1-7-4-5-9(12(16)17-3)6-10(7)14-11(15)8(2)13;/h4-6,8H,13H2,1-3H3,(H,14,15);1H. The number of esters is 1. The number of ether oxygens (including phenoxy) is 1. The molecule has 100 valence electrons. The molecule has 0 fully saturated rings. The summed E-state index contributed by atoms with van der Waals surface area (Å²) < 4.78 is 4.61. The summed E-state index contributed by atoms with van der Waals surface area (Å²) >= 11 is 0. The van der Waals surface area contributed by atoms with Crippen molar-refractivity contribution in [1.29, 1.82) is 0 Å². The molecule has 0 aliphatic heterocycles. The molecule has 1 aromatic carbocycles. The zero-order valence-electron chi connectivity index (χ0n) is 10.5. The molecule has 5 nitrogen and oxygen atoms in total. The van der Waals surface area contributed by atoms with Crippen LogP contribution >= 0.6 is 12.4 Å². The number of methoxy groups -OCH3 is 1. The SMILES string of the molecule is COC(=O)c1ccc(C)c(NC(=O)C(C)N)c1.Cl. The fourth-order valence-corrected chi connectivity index (χ4v) is 1.25. The summed E-state index contributed by atoms with van der Waals surface area (Å²) in [6, 6.07) is 4.35. The number of hydrogen-bond donors (Lipinski definition) is 2. The number of carbonyl (C=O) groups excluding carboxylic acids is 2. The van der Waals surface area contributed by atoms with Gasteiger partial charge >= 0.3 is 5.97 Å². The van der Waals surface area contributed by atoms with Crippen LogP contribution in [0.1, 0.15) is 22.8 Å². The Morgan fingerprint density at radius 3 is 2.50 bits per heavy atom. The Morgan fingerprint density at radius 1 is 1.39 bits per heavy atom. The van der Waals surface area contributed by atoms with Crippen molar-refractivity contribution in [2.75, 3.05) is 12.4 Å².